The number of likely N-dealkylation sites (N-methyl/N-ethyl adjacent to an activating group) is 1. The minimum absolute atomic E-state index is 0.0901. The van der Waals surface area contributed by atoms with Crippen molar-refractivity contribution in [1.29, 1.82) is 0 Å². The number of aliphatic carboxylic acids is 1. The highest BCUT2D eigenvalue weighted by Crippen LogP contribution is 2.43. The monoisotopic (exact) mass is 283 g/mol. The van der Waals surface area contributed by atoms with Crippen molar-refractivity contribution in [3.05, 3.63) is 0 Å². The molecule has 0 saturated carbocycles. The second-order valence-corrected chi connectivity index (χ2v) is 6.29. The van der Waals surface area contributed by atoms with Crippen LogP contribution in [0.3, 0.4) is 0 Å². The minimum Gasteiger partial charge on any atom is -0.550 e. The number of nitrogens with zero attached hydrogens (tertiary/aromatic N) is 1. The molecule has 106 valence electrons. The standard InChI is InChI=1S/C9H18NO7P/c1-7(11)9(5-8(12)13,6-10(2,3)4)17-18(14,15)16/h5-6H2,1-4H3,(H2-,12,13,14,15,16)/t9-/m1/s1. The van der Waals surface area contributed by atoms with Crippen LogP contribution in [0.4, 0.5) is 0 Å². The van der Waals surface area contributed by atoms with Crippen LogP contribution in [0.5, 0.6) is 0 Å². The van der Waals surface area contributed by atoms with Gasteiger partial charge in [0.05, 0.1) is 21.1 Å². The first-order valence-electron chi connectivity index (χ1n) is 5.05. The summed E-state index contributed by atoms with van der Waals surface area (Å²) in [6.45, 7) is 0.815. The number of carbonyl (C=O) groups is 2. The summed E-state index contributed by atoms with van der Waals surface area (Å²) in [5.41, 5.74) is -2.10. The van der Waals surface area contributed by atoms with E-state index in [1.165, 1.54) is 0 Å². The molecule has 1 atom stereocenters. The first-order valence-corrected chi connectivity index (χ1v) is 6.58. The molecule has 0 amide bonds. The molecule has 0 aromatic heterocycles. The lowest BCUT2D eigenvalue weighted by Crippen LogP contribution is -2.56. The molecule has 0 aliphatic heterocycles. The van der Waals surface area contributed by atoms with Gasteiger partial charge in [-0.2, -0.15) is 0 Å². The highest BCUT2D eigenvalue weighted by atomic mass is 31.2. The van der Waals surface area contributed by atoms with Crippen molar-refractivity contribution >= 4 is 19.6 Å². The molecule has 0 fully saturated rings. The van der Waals surface area contributed by atoms with Gasteiger partial charge < -0.3 is 24.2 Å². The number of Topliss-reactive ketones (excluding diaryl/α,β-unsaturated/α-hetero) is 1. The Labute approximate surface area is 105 Å². The lowest BCUT2D eigenvalue weighted by Gasteiger charge is -2.37. The molecular formula is C9H18NO7P. The zero-order valence-corrected chi connectivity index (χ0v) is 11.6. The maximum absolute atomic E-state index is 11.6. The first-order chi connectivity index (χ1) is 7.77. The average molecular weight is 283 g/mol. The summed E-state index contributed by atoms with van der Waals surface area (Å²) in [5.74, 6) is -2.39. The Morgan fingerprint density at radius 1 is 1.33 bits per heavy atom. The Bertz CT molecular complexity index is 383. The zero-order chi connectivity index (χ0) is 14.8. The summed E-state index contributed by atoms with van der Waals surface area (Å²) in [6.07, 6.45) is -0.914. The summed E-state index contributed by atoms with van der Waals surface area (Å²) < 4.78 is 15.5. The number of hydrogen-bond donors (Lipinski definition) is 2. The third-order valence-corrected chi connectivity index (χ3v) is 2.68. The SMILES string of the molecule is CC(=O)[C@@](CC(=O)[O-])(C[N+](C)(C)C)OP(=O)(O)O. The van der Waals surface area contributed by atoms with Crippen LogP contribution in [0.1, 0.15) is 13.3 Å². The van der Waals surface area contributed by atoms with Crippen LogP contribution in [-0.4, -0.2) is 59.3 Å². The van der Waals surface area contributed by atoms with Crippen molar-refractivity contribution in [3.63, 3.8) is 0 Å². The van der Waals surface area contributed by atoms with Crippen molar-refractivity contribution < 1.29 is 38.1 Å². The van der Waals surface area contributed by atoms with E-state index in [1.54, 1.807) is 21.1 Å². The number of quaternary nitrogens is 1. The maximum Gasteiger partial charge on any atom is 0.470 e. The zero-order valence-electron chi connectivity index (χ0n) is 10.7. The van der Waals surface area contributed by atoms with Crippen LogP contribution in [-0.2, 0) is 18.7 Å². The van der Waals surface area contributed by atoms with Gasteiger partial charge in [-0.15, -0.1) is 0 Å². The van der Waals surface area contributed by atoms with Gasteiger partial charge in [-0.3, -0.25) is 9.32 Å². The van der Waals surface area contributed by atoms with Crippen molar-refractivity contribution in [2.75, 3.05) is 27.7 Å². The Hall–Kier alpha value is -0.790. The van der Waals surface area contributed by atoms with Crippen LogP contribution >= 0.6 is 7.82 Å². The predicted octanol–water partition coefficient (Wildman–Crippen LogP) is -1.73. The summed E-state index contributed by atoms with van der Waals surface area (Å²) >= 11 is 0. The molecule has 0 radical (unpaired) electrons. The molecule has 9 heteroatoms. The van der Waals surface area contributed by atoms with E-state index in [-0.39, 0.29) is 11.0 Å². The first kappa shape index (κ1) is 17.2. The van der Waals surface area contributed by atoms with Crippen molar-refractivity contribution in [3.8, 4) is 0 Å². The van der Waals surface area contributed by atoms with Gasteiger partial charge >= 0.3 is 7.82 Å². The molecule has 0 saturated heterocycles. The fraction of sp³-hybridized carbons (Fsp3) is 0.778. The fourth-order valence-electron chi connectivity index (χ4n) is 1.64. The molecule has 0 aliphatic carbocycles. The predicted molar refractivity (Wildman–Crippen MR) is 59.1 cm³/mol. The van der Waals surface area contributed by atoms with Gasteiger partial charge in [0.1, 0.15) is 6.54 Å². The van der Waals surface area contributed by atoms with Crippen LogP contribution in [0.25, 0.3) is 0 Å². The third-order valence-electron chi connectivity index (χ3n) is 2.09. The molecule has 0 aromatic carbocycles. The van der Waals surface area contributed by atoms with Gasteiger partial charge in [0, 0.05) is 12.4 Å². The van der Waals surface area contributed by atoms with E-state index in [0.29, 0.717) is 0 Å². The van der Waals surface area contributed by atoms with Gasteiger partial charge in [0.25, 0.3) is 0 Å². The van der Waals surface area contributed by atoms with Crippen LogP contribution in [0.2, 0.25) is 0 Å². The quantitative estimate of drug-likeness (QED) is 0.420. The number of carboxylic acid groups (broad SMARTS) is 1. The van der Waals surface area contributed by atoms with Gasteiger partial charge in [0.15, 0.2) is 11.4 Å². The Morgan fingerprint density at radius 3 is 2.00 bits per heavy atom. The second kappa shape index (κ2) is 5.46. The third kappa shape index (κ3) is 6.23. The number of phosphoric ester groups is 1. The molecule has 0 unspecified atom stereocenters. The average Bonchev–Trinajstić information content (AvgIpc) is 1.93. The highest BCUT2D eigenvalue weighted by molar-refractivity contribution is 7.46. The lowest BCUT2D eigenvalue weighted by molar-refractivity contribution is -0.875. The maximum atomic E-state index is 11.6. The summed E-state index contributed by atoms with van der Waals surface area (Å²) in [4.78, 5) is 39.9. The number of carbonyl (C=O) groups excluding carboxylic acids is 2. The Morgan fingerprint density at radius 2 is 1.78 bits per heavy atom. The van der Waals surface area contributed by atoms with E-state index >= 15 is 0 Å². The van der Waals surface area contributed by atoms with E-state index < -0.39 is 31.6 Å². The molecule has 0 rings (SSSR count). The summed E-state index contributed by atoms with van der Waals surface area (Å²) in [6, 6.07) is 0. The topological polar surface area (TPSA) is 124 Å². The van der Waals surface area contributed by atoms with Crippen LogP contribution in [0.15, 0.2) is 0 Å². The van der Waals surface area contributed by atoms with Crippen molar-refractivity contribution in [2.45, 2.75) is 18.9 Å². The number of phosphoric acid groups is 1. The fourth-order valence-corrected chi connectivity index (χ4v) is 2.35. The molecule has 0 aliphatic rings. The van der Waals surface area contributed by atoms with Crippen LogP contribution < -0.4 is 5.11 Å². The molecule has 2 N–H and O–H groups in total. The summed E-state index contributed by atoms with van der Waals surface area (Å²) in [5, 5.41) is 10.7. The molecule has 0 bridgehead atoms. The number of carboxylic acids is 1. The van der Waals surface area contributed by atoms with E-state index in [2.05, 4.69) is 4.52 Å². The smallest absolute Gasteiger partial charge is 0.470 e. The molecule has 0 spiro atoms. The van der Waals surface area contributed by atoms with Gasteiger partial charge in [-0.25, -0.2) is 4.57 Å². The minimum atomic E-state index is -5.01. The second-order valence-electron chi connectivity index (χ2n) is 5.13. The van der Waals surface area contributed by atoms with Crippen molar-refractivity contribution in [1.82, 2.24) is 0 Å². The summed E-state index contributed by atoms with van der Waals surface area (Å²) in [7, 11) is -0.101. The van der Waals surface area contributed by atoms with E-state index in [9.17, 15) is 19.3 Å². The number of hydrogen-bond acceptors (Lipinski definition) is 5. The van der Waals surface area contributed by atoms with E-state index in [1.807, 2.05) is 0 Å². The number of ketones is 1. The normalized spacial score (nSPS) is 16.1. The highest BCUT2D eigenvalue weighted by Gasteiger charge is 2.46. The molecule has 0 heterocycles. The van der Waals surface area contributed by atoms with Gasteiger partial charge in [-0.1, -0.05) is 0 Å². The van der Waals surface area contributed by atoms with Crippen LogP contribution in [0, 0.1) is 0 Å². The molecule has 0 aromatic rings. The lowest BCUT2D eigenvalue weighted by atomic mass is 9.94. The van der Waals surface area contributed by atoms with E-state index in [0.717, 1.165) is 6.92 Å². The molecular weight excluding hydrogens is 265 g/mol. The largest absolute Gasteiger partial charge is 0.550 e. The number of rotatable bonds is 7. The Kier molecular flexibility index (Phi) is 5.22. The van der Waals surface area contributed by atoms with Gasteiger partial charge in [0.2, 0.25) is 0 Å². The Balaban J connectivity index is 5.50. The molecule has 8 nitrogen and oxygen atoms in total. The molecule has 18 heavy (non-hydrogen) atoms. The van der Waals surface area contributed by atoms with E-state index in [4.69, 9.17) is 9.79 Å². The van der Waals surface area contributed by atoms with Gasteiger partial charge in [-0.05, 0) is 6.92 Å². The van der Waals surface area contributed by atoms with Crippen molar-refractivity contribution in [2.24, 2.45) is 0 Å².